The zero-order chi connectivity index (χ0) is 89.6. The van der Waals surface area contributed by atoms with Crippen LogP contribution in [0.4, 0.5) is 85.3 Å². The lowest BCUT2D eigenvalue weighted by molar-refractivity contribution is 1.24. The van der Waals surface area contributed by atoms with E-state index >= 15 is 0 Å². The fraction of sp³-hybridized carbons (Fsp3) is 0.122. The first-order valence-electron chi connectivity index (χ1n) is 44.4. The van der Waals surface area contributed by atoms with Gasteiger partial charge in [-0.3, -0.25) is 0 Å². The predicted octanol–water partition coefficient (Wildman–Crippen LogP) is 35.4. The number of para-hydroxylation sites is 1. The minimum Gasteiger partial charge on any atom is -0.311 e. The van der Waals surface area contributed by atoms with Gasteiger partial charge in [-0.15, -0.1) is 0 Å². The normalized spacial score (nSPS) is 10.6. The molecule has 0 unspecified atom stereocenters. The van der Waals surface area contributed by atoms with E-state index in [0.29, 0.717) is 0 Å². The van der Waals surface area contributed by atoms with Crippen molar-refractivity contribution in [3.8, 4) is 33.4 Å². The second-order valence-corrected chi connectivity index (χ2v) is 33.8. The second-order valence-electron chi connectivity index (χ2n) is 33.8. The van der Waals surface area contributed by atoms with Crippen molar-refractivity contribution < 1.29 is 0 Å². The van der Waals surface area contributed by atoms with Crippen LogP contribution in [0.5, 0.6) is 0 Å². The molecule has 0 aliphatic rings. The van der Waals surface area contributed by atoms with Crippen LogP contribution in [0.1, 0.15) is 83.5 Å². The Kier molecular flexibility index (Phi) is 29.7. The van der Waals surface area contributed by atoms with Crippen molar-refractivity contribution in [2.45, 2.75) is 104 Å². The Morgan fingerprint density at radius 1 is 0.102 bits per heavy atom. The highest BCUT2D eigenvalue weighted by molar-refractivity contribution is 5.84. The minimum absolute atomic E-state index is 1.15. The third-order valence-corrected chi connectivity index (χ3v) is 23.4. The molecule has 5 nitrogen and oxygen atoms in total. The quantitative estimate of drug-likeness (QED) is 0.0848. The fourth-order valence-corrected chi connectivity index (χ4v) is 15.3. The molecule has 0 saturated carbocycles. The smallest absolute Gasteiger partial charge is 0.0464 e. The average Bonchev–Trinajstić information content (AvgIpc) is 0.802. The molecule has 0 atom stereocenters. The molecular formula is C123H117N5. The van der Waals surface area contributed by atoms with Crippen LogP contribution in [-0.4, -0.2) is 0 Å². The van der Waals surface area contributed by atoms with E-state index in [-0.39, 0.29) is 0 Å². The molecule has 0 bridgehead atoms. The van der Waals surface area contributed by atoms with E-state index in [1.54, 1.807) is 0 Å². The largest absolute Gasteiger partial charge is 0.311 e. The van der Waals surface area contributed by atoms with Gasteiger partial charge in [0.25, 0.3) is 0 Å². The van der Waals surface area contributed by atoms with Gasteiger partial charge in [-0.05, 0) is 341 Å². The van der Waals surface area contributed by atoms with Crippen molar-refractivity contribution >= 4 is 85.3 Å². The summed E-state index contributed by atoms with van der Waals surface area (Å²) < 4.78 is 0. The van der Waals surface area contributed by atoms with E-state index in [0.717, 1.165) is 39.8 Å². The number of nitrogens with zero attached hydrogens (tertiary/aromatic N) is 5. The zero-order valence-electron chi connectivity index (χ0n) is 76.8. The molecule has 0 aliphatic carbocycles. The highest BCUT2D eigenvalue weighted by Gasteiger charge is 2.20. The molecular weight excluding hydrogens is 1550 g/mol. The summed E-state index contributed by atoms with van der Waals surface area (Å²) in [6.45, 7) is 32.0. The summed E-state index contributed by atoms with van der Waals surface area (Å²) in [5.74, 6) is 0. The number of aryl methyl sites for hydroxylation is 15. The minimum atomic E-state index is 1.15. The molecule has 0 saturated heterocycles. The molecule has 0 spiro atoms. The standard InChI is InChI=1S/C28H27N.C27H25N.C26H23N.C22H23N.C20H19N/c1-20-5-10-24(11-6-20)25-12-17-27(18-13-25)29(26-14-7-21(2)8-15-26)28-16-9-22(3)23(4)19-28;1-20-4-10-23(11-5-20)24-12-18-27(19-13-24)28(25-14-6-21(2)7-15-25)26-16-8-22(3)9-17-26;1-20-8-14-24(15-9-20)27(25-16-10-21(2)11-17-25)26-18-12-23(13-19-26)22-6-4-3-5-7-22;1-16-5-10-20(11-6-16)23(21-12-7-17(2)8-13-21)22-14-9-18(3)19(4)15-22;1-16-8-12-19(13-9-16)21(18-6-4-3-5-7-18)20-14-10-17(2)11-15-20/h5-19H,1-4H3;4-19H,1-3H3;3-19H,1-2H3;5-15H,1-4H3;3-15H,1-2H3. The van der Waals surface area contributed by atoms with Crippen LogP contribution in [-0.2, 0) is 0 Å². The van der Waals surface area contributed by atoms with Crippen LogP contribution >= 0.6 is 0 Å². The van der Waals surface area contributed by atoms with Gasteiger partial charge >= 0.3 is 0 Å². The van der Waals surface area contributed by atoms with Crippen LogP contribution in [0.25, 0.3) is 33.4 Å². The van der Waals surface area contributed by atoms with Crippen LogP contribution < -0.4 is 24.5 Å². The lowest BCUT2D eigenvalue weighted by Gasteiger charge is -2.26. The van der Waals surface area contributed by atoms with E-state index in [9.17, 15) is 0 Å². The predicted molar refractivity (Wildman–Crippen MR) is 553 cm³/mol. The lowest BCUT2D eigenvalue weighted by Crippen LogP contribution is -2.10. The maximum Gasteiger partial charge on any atom is 0.0464 e. The fourth-order valence-electron chi connectivity index (χ4n) is 15.3. The molecule has 0 aliphatic heterocycles. The molecule has 0 fully saturated rings. The summed E-state index contributed by atoms with van der Waals surface area (Å²) in [6, 6.07) is 156. The Morgan fingerprint density at radius 3 is 0.406 bits per heavy atom. The van der Waals surface area contributed by atoms with Crippen LogP contribution in [0.3, 0.4) is 0 Å². The van der Waals surface area contributed by atoms with Gasteiger partial charge in [0.1, 0.15) is 0 Å². The molecule has 18 aromatic rings. The van der Waals surface area contributed by atoms with Gasteiger partial charge in [0, 0.05) is 85.3 Å². The molecule has 18 aromatic carbocycles. The topological polar surface area (TPSA) is 16.2 Å². The maximum absolute atomic E-state index is 2.32. The van der Waals surface area contributed by atoms with E-state index in [2.05, 4.69) is 553 Å². The Labute approximate surface area is 762 Å². The van der Waals surface area contributed by atoms with Gasteiger partial charge in [0.15, 0.2) is 0 Å². The first-order valence-corrected chi connectivity index (χ1v) is 44.4. The van der Waals surface area contributed by atoms with Crippen molar-refractivity contribution in [3.63, 3.8) is 0 Å². The lowest BCUT2D eigenvalue weighted by atomic mass is 10.0. The third-order valence-electron chi connectivity index (χ3n) is 23.4. The summed E-state index contributed by atoms with van der Waals surface area (Å²) in [5, 5.41) is 0. The zero-order valence-corrected chi connectivity index (χ0v) is 76.8. The number of benzene rings is 18. The Morgan fingerprint density at radius 2 is 0.227 bits per heavy atom. The Balaban J connectivity index is 0.000000130. The van der Waals surface area contributed by atoms with Crippen molar-refractivity contribution in [3.05, 3.63) is 520 Å². The number of hydrogen-bond acceptors (Lipinski definition) is 5. The summed E-state index contributed by atoms with van der Waals surface area (Å²) in [5.41, 5.74) is 44.2. The van der Waals surface area contributed by atoms with E-state index in [1.165, 1.54) is 162 Å². The van der Waals surface area contributed by atoms with E-state index in [1.807, 2.05) is 12.1 Å². The van der Waals surface area contributed by atoms with Crippen molar-refractivity contribution in [1.82, 2.24) is 0 Å². The number of anilines is 15. The van der Waals surface area contributed by atoms with E-state index < -0.39 is 0 Å². The van der Waals surface area contributed by atoms with Crippen LogP contribution in [0.15, 0.2) is 437 Å². The molecule has 0 N–H and O–H groups in total. The van der Waals surface area contributed by atoms with E-state index in [4.69, 9.17) is 0 Å². The highest BCUT2D eigenvalue weighted by Crippen LogP contribution is 2.43. The van der Waals surface area contributed by atoms with Gasteiger partial charge < -0.3 is 24.5 Å². The SMILES string of the molecule is Cc1ccc(-c2ccc(N(c3ccc(C)cc3)c3ccc(C)c(C)c3)cc2)cc1.Cc1ccc(-c2ccc(N(c3ccc(C)cc3)c3ccc(C)cc3)cc2)cc1.Cc1ccc(N(c2ccc(C)cc2)c2ccc(-c3ccccc3)cc2)cc1.Cc1ccc(N(c2ccc(C)cc2)c2ccc(C)c(C)c2)cc1.Cc1ccc(N(c2ccccc2)c2ccc(C)cc2)cc1. The summed E-state index contributed by atoms with van der Waals surface area (Å²) in [6.07, 6.45) is 0. The molecule has 0 aromatic heterocycles. The molecule has 128 heavy (non-hydrogen) atoms. The molecule has 634 valence electrons. The van der Waals surface area contributed by atoms with Crippen molar-refractivity contribution in [2.75, 3.05) is 24.5 Å². The molecule has 5 heteroatoms. The first-order chi connectivity index (χ1) is 62.1. The van der Waals surface area contributed by atoms with Gasteiger partial charge in [-0.1, -0.05) is 316 Å². The van der Waals surface area contributed by atoms with Crippen molar-refractivity contribution in [1.29, 1.82) is 0 Å². The molecule has 0 radical (unpaired) electrons. The maximum atomic E-state index is 2.32. The molecule has 0 amide bonds. The van der Waals surface area contributed by atoms with Gasteiger partial charge in [-0.2, -0.15) is 0 Å². The Bertz CT molecular complexity index is 6330. The Hall–Kier alpha value is -15.0. The summed E-state index contributed by atoms with van der Waals surface area (Å²) in [4.78, 5) is 11.5. The van der Waals surface area contributed by atoms with Crippen LogP contribution in [0.2, 0.25) is 0 Å². The molecule has 0 heterocycles. The van der Waals surface area contributed by atoms with Gasteiger partial charge in [0.05, 0.1) is 0 Å². The highest BCUT2D eigenvalue weighted by atomic mass is 15.2. The number of hydrogen-bond donors (Lipinski definition) is 0. The summed E-state index contributed by atoms with van der Waals surface area (Å²) >= 11 is 0. The number of rotatable bonds is 18. The summed E-state index contributed by atoms with van der Waals surface area (Å²) in [7, 11) is 0. The second kappa shape index (κ2) is 42.6. The van der Waals surface area contributed by atoms with Gasteiger partial charge in [0.2, 0.25) is 0 Å². The van der Waals surface area contributed by atoms with Crippen molar-refractivity contribution in [2.24, 2.45) is 0 Å². The van der Waals surface area contributed by atoms with Crippen LogP contribution in [0, 0.1) is 104 Å². The first kappa shape index (κ1) is 89.2. The monoisotopic (exact) mass is 1660 g/mol. The molecule has 18 rings (SSSR count). The van der Waals surface area contributed by atoms with Gasteiger partial charge in [-0.25, -0.2) is 0 Å². The average molecular weight is 1670 g/mol. The third kappa shape index (κ3) is 23.5.